The van der Waals surface area contributed by atoms with Gasteiger partial charge in [0.2, 0.25) is 0 Å². The lowest BCUT2D eigenvalue weighted by Gasteiger charge is -2.30. The van der Waals surface area contributed by atoms with Gasteiger partial charge in [0.1, 0.15) is 5.75 Å². The van der Waals surface area contributed by atoms with Crippen molar-refractivity contribution in [2.24, 2.45) is 0 Å². The molecule has 0 unspecified atom stereocenters. The minimum Gasteiger partial charge on any atom is -0.497 e. The molecule has 1 aliphatic carbocycles. The molecule has 216 valence electrons. The van der Waals surface area contributed by atoms with E-state index < -0.39 is 0 Å². The standard InChI is InChI=1S/C40H33BrN2O/c1-40(2)36-17-11-10-16-34(36)35-24-20-31(26-37(35)40)42(28-12-6-4-7-13-28)32-21-25-39(38(41)27-32)43(29-14-8-5-9-15-29)30-18-22-33(44-3)23-19-30/h4-27H,1-3H3. The van der Waals surface area contributed by atoms with Crippen molar-refractivity contribution >= 4 is 50.1 Å². The molecule has 6 aromatic carbocycles. The van der Waals surface area contributed by atoms with Gasteiger partial charge < -0.3 is 14.5 Å². The van der Waals surface area contributed by atoms with E-state index >= 15 is 0 Å². The Morgan fingerprint density at radius 3 is 1.68 bits per heavy atom. The van der Waals surface area contributed by atoms with Gasteiger partial charge in [-0.15, -0.1) is 0 Å². The molecule has 0 saturated carbocycles. The van der Waals surface area contributed by atoms with Crippen molar-refractivity contribution in [3.05, 3.63) is 161 Å². The van der Waals surface area contributed by atoms with E-state index in [-0.39, 0.29) is 5.41 Å². The van der Waals surface area contributed by atoms with Crippen LogP contribution in [0.4, 0.5) is 34.1 Å². The molecular formula is C40H33BrN2O. The van der Waals surface area contributed by atoms with Crippen LogP contribution in [-0.4, -0.2) is 7.11 Å². The molecule has 0 heterocycles. The second-order valence-electron chi connectivity index (χ2n) is 11.6. The van der Waals surface area contributed by atoms with E-state index in [1.165, 1.54) is 22.3 Å². The predicted octanol–water partition coefficient (Wildman–Crippen LogP) is 11.7. The second-order valence-corrected chi connectivity index (χ2v) is 12.4. The molecule has 0 fully saturated rings. The van der Waals surface area contributed by atoms with Crippen molar-refractivity contribution in [1.29, 1.82) is 0 Å². The third kappa shape index (κ3) is 4.86. The van der Waals surface area contributed by atoms with Crippen LogP contribution >= 0.6 is 15.9 Å². The van der Waals surface area contributed by atoms with Crippen LogP contribution in [0.15, 0.2) is 150 Å². The number of hydrogen-bond donors (Lipinski definition) is 0. The summed E-state index contributed by atoms with van der Waals surface area (Å²) in [4.78, 5) is 4.60. The number of ether oxygens (including phenoxy) is 1. The van der Waals surface area contributed by atoms with Gasteiger partial charge in [0.25, 0.3) is 0 Å². The Balaban J connectivity index is 1.34. The number of fused-ring (bicyclic) bond motifs is 3. The van der Waals surface area contributed by atoms with Crippen molar-refractivity contribution in [1.82, 2.24) is 0 Å². The summed E-state index contributed by atoms with van der Waals surface area (Å²) >= 11 is 3.98. The van der Waals surface area contributed by atoms with Crippen LogP contribution in [0.3, 0.4) is 0 Å². The average Bonchev–Trinajstić information content (AvgIpc) is 3.29. The van der Waals surface area contributed by atoms with Gasteiger partial charge in [-0.25, -0.2) is 0 Å². The van der Waals surface area contributed by atoms with Gasteiger partial charge in [-0.2, -0.15) is 0 Å². The molecule has 0 amide bonds. The highest BCUT2D eigenvalue weighted by Crippen LogP contribution is 2.51. The molecule has 44 heavy (non-hydrogen) atoms. The topological polar surface area (TPSA) is 15.7 Å². The first-order valence-corrected chi connectivity index (χ1v) is 15.6. The first-order valence-electron chi connectivity index (χ1n) is 14.8. The number of methoxy groups -OCH3 is 1. The number of rotatable bonds is 7. The highest BCUT2D eigenvalue weighted by Gasteiger charge is 2.35. The molecule has 0 spiro atoms. The Bertz CT molecular complexity index is 1940. The SMILES string of the molecule is COc1ccc(N(c2ccccc2)c2ccc(N(c3ccccc3)c3ccc4c(c3)C(C)(C)c3ccccc3-4)cc2Br)cc1. The van der Waals surface area contributed by atoms with Crippen molar-refractivity contribution in [2.45, 2.75) is 19.3 Å². The van der Waals surface area contributed by atoms with E-state index in [2.05, 4.69) is 167 Å². The summed E-state index contributed by atoms with van der Waals surface area (Å²) < 4.78 is 6.43. The maximum atomic E-state index is 5.44. The van der Waals surface area contributed by atoms with Crippen LogP contribution < -0.4 is 14.5 Å². The molecule has 0 aliphatic heterocycles. The summed E-state index contributed by atoms with van der Waals surface area (Å²) in [6.45, 7) is 4.66. The number of hydrogen-bond acceptors (Lipinski definition) is 3. The summed E-state index contributed by atoms with van der Waals surface area (Å²) in [6, 6.07) is 51.5. The molecule has 0 N–H and O–H groups in total. The maximum absolute atomic E-state index is 5.44. The lowest BCUT2D eigenvalue weighted by atomic mass is 9.82. The van der Waals surface area contributed by atoms with E-state index in [1.54, 1.807) is 7.11 Å². The number of halogens is 1. The molecule has 0 radical (unpaired) electrons. The Morgan fingerprint density at radius 2 is 1.02 bits per heavy atom. The van der Waals surface area contributed by atoms with E-state index in [0.717, 1.165) is 44.3 Å². The van der Waals surface area contributed by atoms with Gasteiger partial charge >= 0.3 is 0 Å². The Hall–Kier alpha value is -4.80. The zero-order valence-electron chi connectivity index (χ0n) is 25.0. The summed E-state index contributed by atoms with van der Waals surface area (Å²) in [7, 11) is 1.69. The summed E-state index contributed by atoms with van der Waals surface area (Å²) in [6.07, 6.45) is 0. The Morgan fingerprint density at radius 1 is 0.500 bits per heavy atom. The zero-order valence-corrected chi connectivity index (χ0v) is 26.6. The van der Waals surface area contributed by atoms with E-state index in [4.69, 9.17) is 4.74 Å². The summed E-state index contributed by atoms with van der Waals surface area (Å²) in [5.41, 5.74) is 11.8. The monoisotopic (exact) mass is 636 g/mol. The molecular weight excluding hydrogens is 604 g/mol. The lowest BCUT2D eigenvalue weighted by Crippen LogP contribution is -2.16. The molecule has 3 nitrogen and oxygen atoms in total. The van der Waals surface area contributed by atoms with Crippen LogP contribution in [0, 0.1) is 0 Å². The van der Waals surface area contributed by atoms with Gasteiger partial charge in [-0.05, 0) is 117 Å². The van der Waals surface area contributed by atoms with Crippen LogP contribution in [0.2, 0.25) is 0 Å². The minimum atomic E-state index is -0.0801. The zero-order chi connectivity index (χ0) is 30.3. The van der Waals surface area contributed by atoms with Crippen molar-refractivity contribution in [3.8, 4) is 16.9 Å². The normalized spacial score (nSPS) is 12.7. The van der Waals surface area contributed by atoms with E-state index in [1.807, 2.05) is 18.2 Å². The molecule has 4 heteroatoms. The summed E-state index contributed by atoms with van der Waals surface area (Å²) in [5, 5.41) is 0. The van der Waals surface area contributed by atoms with Gasteiger partial charge in [0, 0.05) is 38.3 Å². The molecule has 0 atom stereocenters. The van der Waals surface area contributed by atoms with Crippen LogP contribution in [0.25, 0.3) is 11.1 Å². The number of benzene rings is 6. The largest absolute Gasteiger partial charge is 0.497 e. The average molecular weight is 638 g/mol. The quantitative estimate of drug-likeness (QED) is 0.173. The highest BCUT2D eigenvalue weighted by atomic mass is 79.9. The smallest absolute Gasteiger partial charge is 0.119 e. The first kappa shape index (κ1) is 28.0. The van der Waals surface area contributed by atoms with Crippen LogP contribution in [0.1, 0.15) is 25.0 Å². The summed E-state index contributed by atoms with van der Waals surface area (Å²) in [5.74, 6) is 0.829. The molecule has 0 bridgehead atoms. The number of nitrogens with zero attached hydrogens (tertiary/aromatic N) is 2. The predicted molar refractivity (Wildman–Crippen MR) is 188 cm³/mol. The molecule has 6 aromatic rings. The molecule has 0 saturated heterocycles. The fraction of sp³-hybridized carbons (Fsp3) is 0.100. The molecule has 1 aliphatic rings. The minimum absolute atomic E-state index is 0.0801. The van der Waals surface area contributed by atoms with Gasteiger partial charge in [0.05, 0.1) is 12.8 Å². The van der Waals surface area contributed by atoms with Crippen molar-refractivity contribution in [3.63, 3.8) is 0 Å². The van der Waals surface area contributed by atoms with E-state index in [9.17, 15) is 0 Å². The third-order valence-electron chi connectivity index (χ3n) is 8.62. The van der Waals surface area contributed by atoms with Crippen LogP contribution in [0.5, 0.6) is 5.75 Å². The first-order chi connectivity index (χ1) is 21.5. The van der Waals surface area contributed by atoms with Crippen LogP contribution in [-0.2, 0) is 5.41 Å². The van der Waals surface area contributed by atoms with Crippen molar-refractivity contribution < 1.29 is 4.74 Å². The van der Waals surface area contributed by atoms with Crippen molar-refractivity contribution in [2.75, 3.05) is 16.9 Å². The van der Waals surface area contributed by atoms with Gasteiger partial charge in [-0.3, -0.25) is 0 Å². The lowest BCUT2D eigenvalue weighted by molar-refractivity contribution is 0.415. The molecule has 0 aromatic heterocycles. The Labute approximate surface area is 268 Å². The fourth-order valence-electron chi connectivity index (χ4n) is 6.41. The third-order valence-corrected chi connectivity index (χ3v) is 9.25. The Kier molecular flexibility index (Phi) is 7.23. The fourth-order valence-corrected chi connectivity index (χ4v) is 6.95. The maximum Gasteiger partial charge on any atom is 0.119 e. The molecule has 7 rings (SSSR count). The number of anilines is 6. The van der Waals surface area contributed by atoms with Gasteiger partial charge in [-0.1, -0.05) is 80.6 Å². The number of para-hydroxylation sites is 2. The van der Waals surface area contributed by atoms with Gasteiger partial charge in [0.15, 0.2) is 0 Å². The highest BCUT2D eigenvalue weighted by molar-refractivity contribution is 9.10. The second kappa shape index (κ2) is 11.4. The van der Waals surface area contributed by atoms with E-state index in [0.29, 0.717) is 0 Å².